The highest BCUT2D eigenvalue weighted by atomic mass is 32.2. The largest absolute Gasteiger partial charge is 0.431 e. The lowest BCUT2D eigenvalue weighted by Crippen LogP contribution is -2.56. The molecular formula is C21H28F2N4O7S2. The number of rotatable bonds is 13. The number of amides is 2. The highest BCUT2D eigenvalue weighted by molar-refractivity contribution is 7.98. The molecule has 5 N–H and O–H groups in total. The Labute approximate surface area is 211 Å². The molecule has 200 valence electrons. The van der Waals surface area contributed by atoms with Crippen molar-refractivity contribution in [3.63, 3.8) is 0 Å². The maximum atomic E-state index is 13.7. The molecule has 15 heteroatoms. The third kappa shape index (κ3) is 9.37. The number of nitrogens with one attached hydrogen (secondary N) is 3. The lowest BCUT2D eigenvalue weighted by molar-refractivity contribution is -0.121. The van der Waals surface area contributed by atoms with Gasteiger partial charge in [0, 0.05) is 13.0 Å². The first-order chi connectivity index (χ1) is 16.8. The molecule has 11 nitrogen and oxygen atoms in total. The average molecular weight is 551 g/mol. The second-order valence-corrected chi connectivity index (χ2v) is 10.8. The summed E-state index contributed by atoms with van der Waals surface area (Å²) in [5, 5.41) is 26.8. The van der Waals surface area contributed by atoms with Gasteiger partial charge in [0.25, 0.3) is 5.91 Å². The minimum atomic E-state index is -3.73. The summed E-state index contributed by atoms with van der Waals surface area (Å²) < 4.78 is 57.0. The van der Waals surface area contributed by atoms with Crippen molar-refractivity contribution in [2.75, 3.05) is 23.0 Å². The summed E-state index contributed by atoms with van der Waals surface area (Å²) in [6.45, 7) is 1.24. The summed E-state index contributed by atoms with van der Waals surface area (Å²) in [5.41, 5.74) is -0.289. The Kier molecular flexibility index (Phi) is 10.6. The Morgan fingerprint density at radius 2 is 1.72 bits per heavy atom. The van der Waals surface area contributed by atoms with E-state index in [2.05, 4.69) is 15.6 Å². The highest BCUT2D eigenvalue weighted by Crippen LogP contribution is 2.17. The van der Waals surface area contributed by atoms with Crippen LogP contribution in [0.1, 0.15) is 29.4 Å². The van der Waals surface area contributed by atoms with Crippen molar-refractivity contribution in [1.29, 1.82) is 0 Å². The van der Waals surface area contributed by atoms with Gasteiger partial charge in [0.2, 0.25) is 15.9 Å². The number of hydrogen-bond acceptors (Lipinski definition) is 9. The second-order valence-electron chi connectivity index (χ2n) is 8.04. The van der Waals surface area contributed by atoms with E-state index in [-0.39, 0.29) is 24.1 Å². The summed E-state index contributed by atoms with van der Waals surface area (Å²) in [7, 11) is -3.73. The fourth-order valence-corrected chi connectivity index (χ4v) is 4.28. The number of anilines is 1. The predicted octanol–water partition coefficient (Wildman–Crippen LogP) is 0.645. The molecule has 0 spiro atoms. The second kappa shape index (κ2) is 13.0. The standard InChI is InChI=1S/C21H28F2N4O7S2/c1-11(28)24-15(4-5-35-2)18(29)19(30)16(8-12-6-13(22)9-14(23)7-12)25-20(31)17-10-34-21(26-17)27-36(3,32)33/h6-7,9-10,15-16,18-19,29-30H,4-5,8H2,1-3H3,(H,24,28)(H,25,31)(H,26,27)/t15-,16+,18-,19-/m1/s1. The number of benzene rings is 1. The van der Waals surface area contributed by atoms with Gasteiger partial charge in [0.15, 0.2) is 5.69 Å². The summed E-state index contributed by atoms with van der Waals surface area (Å²) in [4.78, 5) is 28.1. The number of aliphatic hydroxyl groups excluding tert-OH is 2. The van der Waals surface area contributed by atoms with Crippen molar-refractivity contribution in [2.24, 2.45) is 0 Å². The third-order valence-corrected chi connectivity index (χ3v) is 6.09. The molecule has 2 rings (SSSR count). The first-order valence-corrected chi connectivity index (χ1v) is 13.9. The molecular weight excluding hydrogens is 522 g/mol. The molecule has 0 aliphatic heterocycles. The summed E-state index contributed by atoms with van der Waals surface area (Å²) in [5.74, 6) is -2.60. The fraction of sp³-hybridized carbons (Fsp3) is 0.476. The third-order valence-electron chi connectivity index (χ3n) is 4.90. The van der Waals surface area contributed by atoms with E-state index in [4.69, 9.17) is 4.42 Å². The minimum Gasteiger partial charge on any atom is -0.431 e. The number of hydrogen-bond donors (Lipinski definition) is 5. The monoisotopic (exact) mass is 550 g/mol. The first-order valence-electron chi connectivity index (χ1n) is 10.6. The zero-order valence-electron chi connectivity index (χ0n) is 19.7. The molecule has 0 saturated heterocycles. The minimum absolute atomic E-state index is 0.0730. The van der Waals surface area contributed by atoms with Gasteiger partial charge in [-0.1, -0.05) is 0 Å². The molecule has 0 aliphatic carbocycles. The van der Waals surface area contributed by atoms with Crippen molar-refractivity contribution < 1.29 is 41.4 Å². The van der Waals surface area contributed by atoms with Crippen LogP contribution in [0.5, 0.6) is 0 Å². The van der Waals surface area contributed by atoms with E-state index in [9.17, 15) is 37.0 Å². The zero-order chi connectivity index (χ0) is 27.0. The van der Waals surface area contributed by atoms with Gasteiger partial charge in [-0.3, -0.25) is 9.59 Å². The van der Waals surface area contributed by atoms with Gasteiger partial charge in [-0.2, -0.15) is 16.7 Å². The SMILES string of the molecule is CSCC[C@@H](NC(C)=O)[C@@H](O)[C@H](O)[C@H](Cc1cc(F)cc(F)c1)NC(=O)c1coc(NS(C)(=O)=O)n1. The van der Waals surface area contributed by atoms with Gasteiger partial charge in [-0.05, 0) is 42.5 Å². The van der Waals surface area contributed by atoms with Crippen LogP contribution in [0.25, 0.3) is 0 Å². The molecule has 0 aliphatic rings. The molecule has 1 aromatic heterocycles. The smallest absolute Gasteiger partial charge is 0.309 e. The normalized spacial score (nSPS) is 15.0. The number of nitrogens with zero attached hydrogens (tertiary/aromatic N) is 1. The molecule has 1 aromatic carbocycles. The van der Waals surface area contributed by atoms with Gasteiger partial charge in [-0.25, -0.2) is 21.9 Å². The van der Waals surface area contributed by atoms with E-state index in [1.165, 1.54) is 18.7 Å². The Morgan fingerprint density at radius 3 is 2.28 bits per heavy atom. The molecule has 0 bridgehead atoms. The van der Waals surface area contributed by atoms with Crippen molar-refractivity contribution in [3.05, 3.63) is 47.4 Å². The van der Waals surface area contributed by atoms with Crippen molar-refractivity contribution >= 4 is 39.6 Å². The van der Waals surface area contributed by atoms with E-state index in [0.29, 0.717) is 11.8 Å². The van der Waals surface area contributed by atoms with Crippen LogP contribution in [0.4, 0.5) is 14.8 Å². The van der Waals surface area contributed by atoms with Crippen LogP contribution < -0.4 is 15.4 Å². The lowest BCUT2D eigenvalue weighted by Gasteiger charge is -2.32. The number of halogens is 2. The number of carbonyl (C=O) groups is 2. The van der Waals surface area contributed by atoms with Crippen LogP contribution in [-0.4, -0.2) is 78.0 Å². The number of sulfonamides is 1. The van der Waals surface area contributed by atoms with Crippen molar-refractivity contribution in [3.8, 4) is 0 Å². The highest BCUT2D eigenvalue weighted by Gasteiger charge is 2.34. The van der Waals surface area contributed by atoms with Gasteiger partial charge in [0.05, 0.1) is 18.3 Å². The predicted molar refractivity (Wildman–Crippen MR) is 129 cm³/mol. The van der Waals surface area contributed by atoms with Crippen LogP contribution in [0, 0.1) is 11.6 Å². The number of oxazole rings is 1. The molecule has 4 atom stereocenters. The summed E-state index contributed by atoms with van der Waals surface area (Å²) in [6, 6.07) is 0.00149. The van der Waals surface area contributed by atoms with Crippen molar-refractivity contribution in [1.82, 2.24) is 15.6 Å². The van der Waals surface area contributed by atoms with Crippen LogP contribution in [0.15, 0.2) is 28.9 Å². The lowest BCUT2D eigenvalue weighted by atomic mass is 9.92. The summed E-state index contributed by atoms with van der Waals surface area (Å²) >= 11 is 1.45. The number of carbonyl (C=O) groups excluding carboxylic acids is 2. The maximum Gasteiger partial charge on any atom is 0.309 e. The molecule has 36 heavy (non-hydrogen) atoms. The van der Waals surface area contributed by atoms with Crippen molar-refractivity contribution in [2.45, 2.75) is 44.1 Å². The zero-order valence-corrected chi connectivity index (χ0v) is 21.3. The van der Waals surface area contributed by atoms with Crippen LogP contribution in [-0.2, 0) is 21.2 Å². The molecule has 0 fully saturated rings. The van der Waals surface area contributed by atoms with E-state index >= 15 is 0 Å². The van der Waals surface area contributed by atoms with Gasteiger partial charge < -0.3 is 25.3 Å². The van der Waals surface area contributed by atoms with E-state index < -0.39 is 63.8 Å². The quantitative estimate of drug-likeness (QED) is 0.240. The van der Waals surface area contributed by atoms with Gasteiger partial charge in [-0.15, -0.1) is 0 Å². The molecule has 2 aromatic rings. The Hall–Kier alpha value is -2.75. The molecule has 0 radical (unpaired) electrons. The van der Waals surface area contributed by atoms with Crippen LogP contribution >= 0.6 is 11.8 Å². The molecule has 2 amide bonds. The molecule has 0 unspecified atom stereocenters. The average Bonchev–Trinajstić information content (AvgIpc) is 3.21. The number of aromatic nitrogens is 1. The number of thioether (sulfide) groups is 1. The summed E-state index contributed by atoms with van der Waals surface area (Å²) in [6.07, 6.45) is 0.260. The van der Waals surface area contributed by atoms with E-state index in [1.807, 2.05) is 11.0 Å². The van der Waals surface area contributed by atoms with E-state index in [0.717, 1.165) is 24.7 Å². The number of aliphatic hydroxyl groups is 2. The van der Waals surface area contributed by atoms with Crippen LogP contribution in [0.3, 0.4) is 0 Å². The maximum absolute atomic E-state index is 13.7. The Morgan fingerprint density at radius 1 is 1.11 bits per heavy atom. The Balaban J connectivity index is 2.32. The topological polar surface area (TPSA) is 171 Å². The fourth-order valence-electron chi connectivity index (χ4n) is 3.38. The van der Waals surface area contributed by atoms with Gasteiger partial charge in [0.1, 0.15) is 30.1 Å². The Bertz CT molecular complexity index is 1140. The molecule has 1 heterocycles. The molecule has 0 saturated carbocycles. The first kappa shape index (κ1) is 29.5. The van der Waals surface area contributed by atoms with E-state index in [1.54, 1.807) is 0 Å². The van der Waals surface area contributed by atoms with Gasteiger partial charge >= 0.3 is 6.01 Å². The van der Waals surface area contributed by atoms with Crippen LogP contribution in [0.2, 0.25) is 0 Å².